The summed E-state index contributed by atoms with van der Waals surface area (Å²) in [4.78, 5) is 0. The SMILES string of the molecule is CCCCCCCCCCCCCCCCCC[N+](CCC)(CCC)Cc1ccccc1. The lowest BCUT2D eigenvalue weighted by Crippen LogP contribution is -2.49. The average Bonchev–Trinajstić information content (AvgIpc) is 2.80. The van der Waals surface area contributed by atoms with Crippen molar-refractivity contribution in [1.82, 2.24) is 0 Å². The van der Waals surface area contributed by atoms with Gasteiger partial charge in [0.15, 0.2) is 0 Å². The van der Waals surface area contributed by atoms with Gasteiger partial charge in [-0.3, -0.25) is 0 Å². The van der Waals surface area contributed by atoms with E-state index in [0.717, 1.165) is 0 Å². The fraction of sp³-hybridized carbons (Fsp3) is 0.806. The summed E-state index contributed by atoms with van der Waals surface area (Å²) < 4.78 is 1.30. The molecule has 0 aliphatic heterocycles. The molecular formula is C31H58N+. The molecule has 0 aliphatic rings. The van der Waals surface area contributed by atoms with E-state index in [9.17, 15) is 0 Å². The molecule has 0 saturated carbocycles. The van der Waals surface area contributed by atoms with Crippen LogP contribution in [-0.4, -0.2) is 24.1 Å². The molecule has 0 unspecified atom stereocenters. The van der Waals surface area contributed by atoms with Crippen LogP contribution in [0.25, 0.3) is 0 Å². The van der Waals surface area contributed by atoms with Crippen LogP contribution in [0.4, 0.5) is 0 Å². The van der Waals surface area contributed by atoms with Crippen LogP contribution in [0.5, 0.6) is 0 Å². The Morgan fingerprint density at radius 1 is 0.438 bits per heavy atom. The van der Waals surface area contributed by atoms with Crippen LogP contribution in [0.15, 0.2) is 30.3 Å². The molecule has 32 heavy (non-hydrogen) atoms. The van der Waals surface area contributed by atoms with E-state index in [1.807, 2.05) is 0 Å². The van der Waals surface area contributed by atoms with Gasteiger partial charge in [-0.05, 0) is 25.7 Å². The zero-order valence-electron chi connectivity index (χ0n) is 22.4. The molecule has 0 atom stereocenters. The van der Waals surface area contributed by atoms with Crippen LogP contribution in [0, 0.1) is 0 Å². The molecular weight excluding hydrogens is 386 g/mol. The van der Waals surface area contributed by atoms with Gasteiger partial charge in [-0.2, -0.15) is 0 Å². The Hall–Kier alpha value is -0.820. The summed E-state index contributed by atoms with van der Waals surface area (Å²) >= 11 is 0. The van der Waals surface area contributed by atoms with E-state index in [0.29, 0.717) is 0 Å². The van der Waals surface area contributed by atoms with Gasteiger partial charge >= 0.3 is 0 Å². The van der Waals surface area contributed by atoms with Gasteiger partial charge in [-0.25, -0.2) is 0 Å². The van der Waals surface area contributed by atoms with E-state index in [2.05, 4.69) is 51.1 Å². The molecule has 0 spiro atoms. The number of rotatable bonds is 23. The van der Waals surface area contributed by atoms with E-state index >= 15 is 0 Å². The highest BCUT2D eigenvalue weighted by molar-refractivity contribution is 5.13. The summed E-state index contributed by atoms with van der Waals surface area (Å²) in [6.07, 6.45) is 25.8. The maximum Gasteiger partial charge on any atom is 0.104 e. The standard InChI is InChI=1S/C31H58N/c1-4-7-8-9-10-11-12-13-14-15-16-17-18-19-20-24-29-32(27-5-2,28-6-3)30-31-25-22-21-23-26-31/h21-23,25-26H,4-20,24,27-30H2,1-3H3/q+1. The first kappa shape index (κ1) is 29.2. The maximum absolute atomic E-state index is 2.36. The predicted molar refractivity (Wildman–Crippen MR) is 145 cm³/mol. The minimum Gasteiger partial charge on any atom is -0.320 e. The Bertz CT molecular complexity index is 488. The van der Waals surface area contributed by atoms with Crippen molar-refractivity contribution >= 4 is 0 Å². The summed E-state index contributed by atoms with van der Waals surface area (Å²) in [5.74, 6) is 0. The van der Waals surface area contributed by atoms with E-state index in [-0.39, 0.29) is 0 Å². The van der Waals surface area contributed by atoms with Crippen molar-refractivity contribution in [2.24, 2.45) is 0 Å². The molecule has 1 aromatic carbocycles. The van der Waals surface area contributed by atoms with E-state index < -0.39 is 0 Å². The van der Waals surface area contributed by atoms with Crippen molar-refractivity contribution in [1.29, 1.82) is 0 Å². The highest BCUT2D eigenvalue weighted by Crippen LogP contribution is 2.20. The first-order valence-corrected chi connectivity index (χ1v) is 14.7. The van der Waals surface area contributed by atoms with Gasteiger partial charge in [0.2, 0.25) is 0 Å². The lowest BCUT2D eigenvalue weighted by molar-refractivity contribution is -0.941. The highest BCUT2D eigenvalue weighted by atomic mass is 15.3. The van der Waals surface area contributed by atoms with Gasteiger partial charge in [0.25, 0.3) is 0 Å². The Kier molecular flexibility index (Phi) is 19.0. The molecule has 0 bridgehead atoms. The fourth-order valence-electron chi connectivity index (χ4n) is 5.49. The molecule has 0 aromatic heterocycles. The normalized spacial score (nSPS) is 11.8. The molecule has 0 radical (unpaired) electrons. The average molecular weight is 445 g/mol. The highest BCUT2D eigenvalue weighted by Gasteiger charge is 2.25. The number of benzene rings is 1. The fourth-order valence-corrected chi connectivity index (χ4v) is 5.49. The first-order chi connectivity index (χ1) is 15.8. The van der Waals surface area contributed by atoms with E-state index in [1.165, 1.54) is 152 Å². The Morgan fingerprint density at radius 3 is 1.25 bits per heavy atom. The molecule has 0 amide bonds. The second kappa shape index (κ2) is 20.8. The van der Waals surface area contributed by atoms with Gasteiger partial charge in [0.05, 0.1) is 19.6 Å². The van der Waals surface area contributed by atoms with Crippen molar-refractivity contribution < 1.29 is 4.48 Å². The van der Waals surface area contributed by atoms with Crippen molar-refractivity contribution in [3.05, 3.63) is 35.9 Å². The van der Waals surface area contributed by atoms with Crippen LogP contribution in [0.1, 0.15) is 142 Å². The molecule has 0 fully saturated rings. The smallest absolute Gasteiger partial charge is 0.104 e. The summed E-state index contributed by atoms with van der Waals surface area (Å²) in [7, 11) is 0. The largest absolute Gasteiger partial charge is 0.320 e. The van der Waals surface area contributed by atoms with Crippen molar-refractivity contribution in [2.75, 3.05) is 19.6 Å². The number of hydrogen-bond acceptors (Lipinski definition) is 0. The van der Waals surface area contributed by atoms with Gasteiger partial charge in [0.1, 0.15) is 6.54 Å². The molecule has 0 heterocycles. The third-order valence-corrected chi connectivity index (χ3v) is 7.24. The second-order valence-electron chi connectivity index (χ2n) is 10.5. The van der Waals surface area contributed by atoms with Crippen molar-refractivity contribution in [3.63, 3.8) is 0 Å². The number of hydrogen-bond donors (Lipinski definition) is 0. The quantitative estimate of drug-likeness (QED) is 0.116. The van der Waals surface area contributed by atoms with Crippen LogP contribution in [-0.2, 0) is 6.54 Å². The number of quaternary nitrogens is 1. The molecule has 1 aromatic rings. The lowest BCUT2D eigenvalue weighted by Gasteiger charge is -2.39. The van der Waals surface area contributed by atoms with E-state index in [4.69, 9.17) is 0 Å². The summed E-state index contributed by atoms with van der Waals surface area (Å²) in [5.41, 5.74) is 1.52. The summed E-state index contributed by atoms with van der Waals surface area (Å²) in [6.45, 7) is 12.3. The summed E-state index contributed by atoms with van der Waals surface area (Å²) in [5, 5.41) is 0. The van der Waals surface area contributed by atoms with Gasteiger partial charge in [-0.1, -0.05) is 141 Å². The Labute approximate surface area is 203 Å². The van der Waals surface area contributed by atoms with Crippen LogP contribution in [0.3, 0.4) is 0 Å². The molecule has 1 rings (SSSR count). The van der Waals surface area contributed by atoms with E-state index in [1.54, 1.807) is 0 Å². The lowest BCUT2D eigenvalue weighted by atomic mass is 10.0. The zero-order chi connectivity index (χ0) is 23.2. The predicted octanol–water partition coefficient (Wildman–Crippen LogP) is 10.1. The third-order valence-electron chi connectivity index (χ3n) is 7.24. The van der Waals surface area contributed by atoms with Gasteiger partial charge in [-0.15, -0.1) is 0 Å². The Morgan fingerprint density at radius 2 is 0.844 bits per heavy atom. The van der Waals surface area contributed by atoms with Crippen LogP contribution in [0.2, 0.25) is 0 Å². The minimum absolute atomic E-state index is 1.22. The summed E-state index contributed by atoms with van der Waals surface area (Å²) in [6, 6.07) is 11.2. The molecule has 1 nitrogen and oxygen atoms in total. The molecule has 0 aliphatic carbocycles. The third kappa shape index (κ3) is 15.1. The maximum atomic E-state index is 2.36. The van der Waals surface area contributed by atoms with Crippen LogP contribution < -0.4 is 0 Å². The first-order valence-electron chi connectivity index (χ1n) is 14.7. The Balaban J connectivity index is 2.07. The van der Waals surface area contributed by atoms with Gasteiger partial charge < -0.3 is 4.48 Å². The zero-order valence-corrected chi connectivity index (χ0v) is 22.4. The molecule has 186 valence electrons. The molecule has 0 N–H and O–H groups in total. The minimum atomic E-state index is 1.22. The number of unbranched alkanes of at least 4 members (excludes halogenated alkanes) is 15. The second-order valence-corrected chi connectivity index (χ2v) is 10.5. The van der Waals surface area contributed by atoms with Gasteiger partial charge in [0, 0.05) is 5.56 Å². The number of nitrogens with zero attached hydrogens (tertiary/aromatic N) is 1. The van der Waals surface area contributed by atoms with Crippen molar-refractivity contribution in [2.45, 2.75) is 143 Å². The van der Waals surface area contributed by atoms with Crippen LogP contribution >= 0.6 is 0 Å². The molecule has 1 heteroatoms. The molecule has 0 saturated heterocycles. The monoisotopic (exact) mass is 444 g/mol. The topological polar surface area (TPSA) is 0 Å². The van der Waals surface area contributed by atoms with Crippen molar-refractivity contribution in [3.8, 4) is 0 Å².